The van der Waals surface area contributed by atoms with Crippen LogP contribution in [-0.4, -0.2) is 15.8 Å². The average molecular weight is 369 g/mol. The number of non-ortho nitro benzene ring substituents is 1. The average Bonchev–Trinajstić information content (AvgIpc) is 3.09. The Kier molecular flexibility index (Phi) is 5.14. The number of hydrogen-bond acceptors (Lipinski definition) is 5. The highest BCUT2D eigenvalue weighted by Crippen LogP contribution is 2.25. The quantitative estimate of drug-likeness (QED) is 0.407. The van der Waals surface area contributed by atoms with E-state index in [1.165, 1.54) is 41.7 Å². The maximum Gasteiger partial charge on any atom is 0.269 e. The fraction of sp³-hybridized carbons (Fsp3) is 0. The Labute approximate surface area is 151 Å². The third-order valence-electron chi connectivity index (χ3n) is 3.41. The smallest absolute Gasteiger partial charge is 0.269 e. The number of amides is 1. The Morgan fingerprint density at radius 2 is 1.85 bits per heavy atom. The van der Waals surface area contributed by atoms with E-state index in [9.17, 15) is 19.3 Å². The van der Waals surface area contributed by atoms with Crippen LogP contribution in [0.15, 0.2) is 60.0 Å². The van der Waals surface area contributed by atoms with Gasteiger partial charge in [-0.15, -0.1) is 11.3 Å². The lowest BCUT2D eigenvalue weighted by Gasteiger charge is -1.98. The predicted octanol–water partition coefficient (Wildman–Crippen LogP) is 4.51. The van der Waals surface area contributed by atoms with Crippen molar-refractivity contribution in [2.75, 3.05) is 5.32 Å². The number of thiazole rings is 1. The van der Waals surface area contributed by atoms with E-state index >= 15 is 0 Å². The van der Waals surface area contributed by atoms with Crippen molar-refractivity contribution in [1.82, 2.24) is 4.98 Å². The van der Waals surface area contributed by atoms with Gasteiger partial charge in [0.25, 0.3) is 5.69 Å². The number of anilines is 1. The molecular weight excluding hydrogens is 357 g/mol. The van der Waals surface area contributed by atoms with Crippen LogP contribution in [0.1, 0.15) is 5.56 Å². The molecule has 0 radical (unpaired) electrons. The minimum absolute atomic E-state index is 0.0114. The van der Waals surface area contributed by atoms with Crippen molar-refractivity contribution in [3.8, 4) is 11.3 Å². The summed E-state index contributed by atoms with van der Waals surface area (Å²) in [5, 5.41) is 15.4. The Hall–Kier alpha value is -3.39. The first-order chi connectivity index (χ1) is 12.5. The maximum absolute atomic E-state index is 13.0. The van der Waals surface area contributed by atoms with Crippen LogP contribution in [0.3, 0.4) is 0 Å². The Morgan fingerprint density at radius 3 is 2.50 bits per heavy atom. The van der Waals surface area contributed by atoms with Gasteiger partial charge >= 0.3 is 0 Å². The standard InChI is InChI=1S/C18H12FN3O3S/c19-14-6-4-13(5-7-14)16-11-26-18(20-16)21-17(23)10-3-12-1-8-15(9-2-12)22(24)25/h1-11H,(H,20,21,23)/b10-3+. The summed E-state index contributed by atoms with van der Waals surface area (Å²) in [6, 6.07) is 11.8. The molecule has 1 heterocycles. The Balaban J connectivity index is 1.63. The molecule has 0 bridgehead atoms. The zero-order valence-electron chi connectivity index (χ0n) is 13.3. The lowest BCUT2D eigenvalue weighted by atomic mass is 10.2. The first kappa shape index (κ1) is 17.4. The van der Waals surface area contributed by atoms with E-state index in [1.807, 2.05) is 0 Å². The second kappa shape index (κ2) is 7.66. The van der Waals surface area contributed by atoms with E-state index < -0.39 is 4.92 Å². The van der Waals surface area contributed by atoms with Gasteiger partial charge in [0.05, 0.1) is 10.6 Å². The van der Waals surface area contributed by atoms with Crippen LogP contribution in [0.4, 0.5) is 15.2 Å². The zero-order valence-corrected chi connectivity index (χ0v) is 14.1. The third kappa shape index (κ3) is 4.37. The topological polar surface area (TPSA) is 85.1 Å². The molecule has 0 spiro atoms. The second-order valence-electron chi connectivity index (χ2n) is 5.22. The summed E-state index contributed by atoms with van der Waals surface area (Å²) < 4.78 is 13.0. The molecule has 1 N–H and O–H groups in total. The number of aromatic nitrogens is 1. The van der Waals surface area contributed by atoms with Crippen molar-refractivity contribution in [3.05, 3.63) is 81.5 Å². The van der Waals surface area contributed by atoms with Crippen LogP contribution >= 0.6 is 11.3 Å². The van der Waals surface area contributed by atoms with Crippen molar-refractivity contribution in [1.29, 1.82) is 0 Å². The summed E-state index contributed by atoms with van der Waals surface area (Å²) in [4.78, 5) is 26.4. The summed E-state index contributed by atoms with van der Waals surface area (Å²) in [7, 11) is 0. The van der Waals surface area contributed by atoms with Gasteiger partial charge in [-0.25, -0.2) is 9.37 Å². The minimum atomic E-state index is -0.485. The molecule has 0 saturated carbocycles. The van der Waals surface area contributed by atoms with Crippen LogP contribution in [0.25, 0.3) is 17.3 Å². The van der Waals surface area contributed by atoms with Crippen LogP contribution in [0, 0.1) is 15.9 Å². The number of benzene rings is 2. The van der Waals surface area contributed by atoms with Crippen molar-refractivity contribution in [3.63, 3.8) is 0 Å². The monoisotopic (exact) mass is 369 g/mol. The molecule has 3 aromatic rings. The number of nitro groups is 1. The maximum atomic E-state index is 13.0. The molecule has 8 heteroatoms. The fourth-order valence-corrected chi connectivity index (χ4v) is 2.83. The van der Waals surface area contributed by atoms with E-state index in [4.69, 9.17) is 0 Å². The third-order valence-corrected chi connectivity index (χ3v) is 4.16. The van der Waals surface area contributed by atoms with Gasteiger partial charge in [-0.1, -0.05) is 0 Å². The van der Waals surface area contributed by atoms with Gasteiger partial charge in [0.2, 0.25) is 5.91 Å². The number of rotatable bonds is 5. The van der Waals surface area contributed by atoms with Crippen LogP contribution < -0.4 is 5.32 Å². The molecule has 26 heavy (non-hydrogen) atoms. The highest BCUT2D eigenvalue weighted by molar-refractivity contribution is 7.14. The Morgan fingerprint density at radius 1 is 1.15 bits per heavy atom. The summed E-state index contributed by atoms with van der Waals surface area (Å²) in [6.45, 7) is 0. The first-order valence-electron chi connectivity index (χ1n) is 7.46. The van der Waals surface area contributed by atoms with Gasteiger partial charge in [0, 0.05) is 29.2 Å². The number of nitro benzene ring substituents is 1. The molecule has 0 unspecified atom stereocenters. The van der Waals surface area contributed by atoms with Crippen LogP contribution in [0.2, 0.25) is 0 Å². The highest BCUT2D eigenvalue weighted by atomic mass is 32.1. The summed E-state index contributed by atoms with van der Waals surface area (Å²) in [5.74, 6) is -0.697. The van der Waals surface area contributed by atoms with Gasteiger partial charge in [-0.05, 0) is 48.0 Å². The van der Waals surface area contributed by atoms with Gasteiger partial charge in [-0.2, -0.15) is 0 Å². The Bertz CT molecular complexity index is 966. The SMILES string of the molecule is O=C(/C=C/c1ccc([N+](=O)[O-])cc1)Nc1nc(-c2ccc(F)cc2)cs1. The number of nitrogens with one attached hydrogen (secondary N) is 1. The largest absolute Gasteiger partial charge is 0.298 e. The van der Waals surface area contributed by atoms with Gasteiger partial charge < -0.3 is 0 Å². The molecule has 3 rings (SSSR count). The van der Waals surface area contributed by atoms with Crippen molar-refractivity contribution >= 4 is 34.1 Å². The molecule has 0 saturated heterocycles. The lowest BCUT2D eigenvalue weighted by molar-refractivity contribution is -0.384. The highest BCUT2D eigenvalue weighted by Gasteiger charge is 2.07. The molecule has 0 aliphatic heterocycles. The van der Waals surface area contributed by atoms with Crippen LogP contribution in [0.5, 0.6) is 0 Å². The van der Waals surface area contributed by atoms with E-state index in [1.54, 1.807) is 35.7 Å². The van der Waals surface area contributed by atoms with Crippen molar-refractivity contribution in [2.45, 2.75) is 0 Å². The molecule has 130 valence electrons. The predicted molar refractivity (Wildman–Crippen MR) is 98.3 cm³/mol. The number of carbonyl (C=O) groups excluding carboxylic acids is 1. The number of carbonyl (C=O) groups is 1. The minimum Gasteiger partial charge on any atom is -0.298 e. The van der Waals surface area contributed by atoms with Crippen LogP contribution in [-0.2, 0) is 4.79 Å². The van der Waals surface area contributed by atoms with Gasteiger partial charge in [0.1, 0.15) is 5.82 Å². The molecule has 1 aromatic heterocycles. The van der Waals surface area contributed by atoms with Gasteiger partial charge in [-0.3, -0.25) is 20.2 Å². The van der Waals surface area contributed by atoms with Gasteiger partial charge in [0.15, 0.2) is 5.13 Å². The fourth-order valence-electron chi connectivity index (χ4n) is 2.11. The molecule has 0 fully saturated rings. The van der Waals surface area contributed by atoms with E-state index in [0.29, 0.717) is 16.4 Å². The normalized spacial score (nSPS) is 10.8. The van der Waals surface area contributed by atoms with Crippen molar-refractivity contribution in [2.24, 2.45) is 0 Å². The first-order valence-corrected chi connectivity index (χ1v) is 8.34. The number of hydrogen-bond donors (Lipinski definition) is 1. The zero-order chi connectivity index (χ0) is 18.5. The summed E-state index contributed by atoms with van der Waals surface area (Å²) >= 11 is 1.26. The molecule has 1 amide bonds. The molecular formula is C18H12FN3O3S. The summed E-state index contributed by atoms with van der Waals surface area (Å²) in [6.07, 6.45) is 2.87. The van der Waals surface area contributed by atoms with E-state index in [-0.39, 0.29) is 17.4 Å². The number of halogens is 1. The molecule has 0 atom stereocenters. The molecule has 0 aliphatic carbocycles. The van der Waals surface area contributed by atoms with Crippen molar-refractivity contribution < 1.29 is 14.1 Å². The molecule has 0 aliphatic rings. The van der Waals surface area contributed by atoms with E-state index in [2.05, 4.69) is 10.3 Å². The molecule has 6 nitrogen and oxygen atoms in total. The van der Waals surface area contributed by atoms with E-state index in [0.717, 1.165) is 5.56 Å². The number of nitrogens with zero attached hydrogens (tertiary/aromatic N) is 2. The summed E-state index contributed by atoms with van der Waals surface area (Å²) in [5.41, 5.74) is 2.05. The molecule has 2 aromatic carbocycles. The second-order valence-corrected chi connectivity index (χ2v) is 6.07. The lowest BCUT2D eigenvalue weighted by Crippen LogP contribution is -2.07.